The molecule has 0 saturated carbocycles. The predicted octanol–water partition coefficient (Wildman–Crippen LogP) is 1.77. The summed E-state index contributed by atoms with van der Waals surface area (Å²) in [6.07, 6.45) is 3.19. The third kappa shape index (κ3) is 4.19. The van der Waals surface area contributed by atoms with E-state index >= 15 is 0 Å². The van der Waals surface area contributed by atoms with Crippen LogP contribution in [-0.2, 0) is 0 Å². The van der Waals surface area contributed by atoms with Crippen molar-refractivity contribution >= 4 is 0 Å². The second-order valence-electron chi connectivity index (χ2n) is 5.66. The molecule has 1 N–H and O–H groups in total. The monoisotopic (exact) mass is 210 g/mol. The molecule has 1 rings (SSSR count). The van der Waals surface area contributed by atoms with Crippen LogP contribution < -0.4 is 0 Å². The lowest BCUT2D eigenvalue weighted by Gasteiger charge is -2.44. The zero-order valence-electron chi connectivity index (χ0n) is 10.1. The Kier molecular flexibility index (Phi) is 3.75. The molecule has 0 amide bonds. The maximum absolute atomic E-state index is 9.52. The van der Waals surface area contributed by atoms with Crippen molar-refractivity contribution in [3.05, 3.63) is 0 Å². The van der Waals surface area contributed by atoms with Crippen molar-refractivity contribution in [2.45, 2.75) is 45.6 Å². The number of aliphatic hydroxyl groups is 1. The van der Waals surface area contributed by atoms with Gasteiger partial charge in [0.15, 0.2) is 0 Å². The fourth-order valence-corrected chi connectivity index (χ4v) is 2.03. The normalized spacial score (nSPS) is 20.7. The van der Waals surface area contributed by atoms with E-state index in [1.165, 1.54) is 0 Å². The first kappa shape index (κ1) is 12.5. The number of hydrogen-bond acceptors (Lipinski definition) is 3. The second-order valence-corrected chi connectivity index (χ2v) is 5.66. The quantitative estimate of drug-likeness (QED) is 0.703. The van der Waals surface area contributed by atoms with Crippen LogP contribution in [-0.4, -0.2) is 35.2 Å². The standard InChI is InChI=1S/C12H22N2O/c1-11(2,8-13)6-4-5-7-14-9-12(3,15)10-14/h15H,4-7,9-10H2,1-3H3. The third-order valence-corrected chi connectivity index (χ3v) is 2.96. The second kappa shape index (κ2) is 4.51. The van der Waals surface area contributed by atoms with Crippen LogP contribution in [0, 0.1) is 16.7 Å². The number of rotatable bonds is 5. The number of likely N-dealkylation sites (tertiary alicyclic amines) is 1. The van der Waals surface area contributed by atoms with Gasteiger partial charge in [0.05, 0.1) is 17.1 Å². The summed E-state index contributed by atoms with van der Waals surface area (Å²) in [5, 5.41) is 18.4. The topological polar surface area (TPSA) is 47.3 Å². The van der Waals surface area contributed by atoms with Gasteiger partial charge in [-0.15, -0.1) is 0 Å². The predicted molar refractivity (Wildman–Crippen MR) is 60.3 cm³/mol. The van der Waals surface area contributed by atoms with E-state index in [0.717, 1.165) is 38.9 Å². The van der Waals surface area contributed by atoms with Gasteiger partial charge < -0.3 is 5.11 Å². The Hall–Kier alpha value is -0.590. The summed E-state index contributed by atoms with van der Waals surface area (Å²) in [4.78, 5) is 2.26. The number of unbranched alkanes of at least 4 members (excludes halogenated alkanes) is 1. The number of nitrogens with zero attached hydrogens (tertiary/aromatic N) is 2. The SMILES string of the molecule is CC(C)(C#N)CCCCN1CC(C)(O)C1. The minimum Gasteiger partial charge on any atom is -0.388 e. The van der Waals surface area contributed by atoms with E-state index in [0.29, 0.717) is 0 Å². The molecule has 86 valence electrons. The summed E-state index contributed by atoms with van der Waals surface area (Å²) >= 11 is 0. The van der Waals surface area contributed by atoms with Gasteiger partial charge in [0, 0.05) is 13.1 Å². The van der Waals surface area contributed by atoms with Gasteiger partial charge in [-0.25, -0.2) is 0 Å². The van der Waals surface area contributed by atoms with Crippen LogP contribution in [0.25, 0.3) is 0 Å². The van der Waals surface area contributed by atoms with E-state index in [1.807, 2.05) is 20.8 Å². The molecule has 0 aromatic heterocycles. The molecule has 0 bridgehead atoms. The highest BCUT2D eigenvalue weighted by atomic mass is 16.3. The average molecular weight is 210 g/mol. The lowest BCUT2D eigenvalue weighted by Crippen LogP contribution is -2.59. The summed E-state index contributed by atoms with van der Waals surface area (Å²) in [5.74, 6) is 0. The van der Waals surface area contributed by atoms with E-state index in [2.05, 4.69) is 11.0 Å². The first-order valence-electron chi connectivity index (χ1n) is 5.71. The van der Waals surface area contributed by atoms with Crippen LogP contribution in [0.15, 0.2) is 0 Å². The Morgan fingerprint density at radius 3 is 2.47 bits per heavy atom. The van der Waals surface area contributed by atoms with E-state index in [-0.39, 0.29) is 5.41 Å². The van der Waals surface area contributed by atoms with Gasteiger partial charge in [0.1, 0.15) is 0 Å². The van der Waals surface area contributed by atoms with E-state index in [4.69, 9.17) is 5.26 Å². The lowest BCUT2D eigenvalue weighted by molar-refractivity contribution is -0.0834. The minimum absolute atomic E-state index is 0.180. The summed E-state index contributed by atoms with van der Waals surface area (Å²) in [7, 11) is 0. The lowest BCUT2D eigenvalue weighted by atomic mass is 9.89. The number of nitriles is 1. The highest BCUT2D eigenvalue weighted by Gasteiger charge is 2.35. The van der Waals surface area contributed by atoms with Crippen molar-refractivity contribution in [1.82, 2.24) is 4.90 Å². The maximum atomic E-state index is 9.52. The molecule has 3 heteroatoms. The smallest absolute Gasteiger partial charge is 0.0872 e. The molecule has 0 spiro atoms. The molecule has 0 unspecified atom stereocenters. The van der Waals surface area contributed by atoms with Gasteiger partial charge in [-0.05, 0) is 40.2 Å². The summed E-state index contributed by atoms with van der Waals surface area (Å²) in [6, 6.07) is 2.32. The van der Waals surface area contributed by atoms with Gasteiger partial charge in [-0.3, -0.25) is 4.90 Å². The highest BCUT2D eigenvalue weighted by Crippen LogP contribution is 2.23. The molecule has 15 heavy (non-hydrogen) atoms. The van der Waals surface area contributed by atoms with Gasteiger partial charge in [0.25, 0.3) is 0 Å². The number of hydrogen-bond donors (Lipinski definition) is 1. The Labute approximate surface area is 92.7 Å². The molecule has 0 aliphatic carbocycles. The van der Waals surface area contributed by atoms with Crippen LogP contribution >= 0.6 is 0 Å². The molecular formula is C12H22N2O. The average Bonchev–Trinajstić information content (AvgIpc) is 2.09. The summed E-state index contributed by atoms with van der Waals surface area (Å²) in [6.45, 7) is 8.51. The largest absolute Gasteiger partial charge is 0.388 e. The molecule has 1 fully saturated rings. The van der Waals surface area contributed by atoms with Crippen LogP contribution in [0.5, 0.6) is 0 Å². The zero-order valence-corrected chi connectivity index (χ0v) is 10.1. The first-order chi connectivity index (χ1) is 6.85. The van der Waals surface area contributed by atoms with Gasteiger partial charge in [0.2, 0.25) is 0 Å². The third-order valence-electron chi connectivity index (χ3n) is 2.96. The van der Waals surface area contributed by atoms with Crippen molar-refractivity contribution in [2.24, 2.45) is 5.41 Å². The van der Waals surface area contributed by atoms with Crippen LogP contribution in [0.3, 0.4) is 0 Å². The van der Waals surface area contributed by atoms with Crippen LogP contribution in [0.2, 0.25) is 0 Å². The summed E-state index contributed by atoms with van der Waals surface area (Å²) in [5.41, 5.74) is -0.633. The Balaban J connectivity index is 2.02. The van der Waals surface area contributed by atoms with Crippen molar-refractivity contribution in [3.63, 3.8) is 0 Å². The molecule has 0 radical (unpaired) electrons. The van der Waals surface area contributed by atoms with Crippen molar-refractivity contribution in [3.8, 4) is 6.07 Å². The van der Waals surface area contributed by atoms with E-state index < -0.39 is 5.60 Å². The fourth-order valence-electron chi connectivity index (χ4n) is 2.03. The molecule has 0 aromatic carbocycles. The molecule has 1 aliphatic rings. The highest BCUT2D eigenvalue weighted by molar-refractivity contribution is 4.92. The van der Waals surface area contributed by atoms with Crippen LogP contribution in [0.4, 0.5) is 0 Å². The Morgan fingerprint density at radius 1 is 1.40 bits per heavy atom. The van der Waals surface area contributed by atoms with Crippen molar-refractivity contribution in [1.29, 1.82) is 5.26 Å². The van der Waals surface area contributed by atoms with Gasteiger partial charge in [-0.1, -0.05) is 6.42 Å². The molecule has 0 aromatic rings. The minimum atomic E-state index is -0.452. The molecular weight excluding hydrogens is 188 g/mol. The Bertz CT molecular complexity index is 245. The van der Waals surface area contributed by atoms with Gasteiger partial charge in [-0.2, -0.15) is 5.26 Å². The van der Waals surface area contributed by atoms with Crippen LogP contribution in [0.1, 0.15) is 40.0 Å². The molecule has 1 saturated heterocycles. The van der Waals surface area contributed by atoms with Gasteiger partial charge >= 0.3 is 0 Å². The number of β-amino-alcohol motifs (C(OH)–C–C–N with tert-alkyl or cyclic N) is 1. The first-order valence-corrected chi connectivity index (χ1v) is 5.71. The van der Waals surface area contributed by atoms with E-state index in [1.54, 1.807) is 0 Å². The molecule has 1 aliphatic heterocycles. The van der Waals surface area contributed by atoms with Crippen molar-refractivity contribution in [2.75, 3.05) is 19.6 Å². The zero-order chi connectivity index (χ0) is 11.5. The maximum Gasteiger partial charge on any atom is 0.0872 e. The van der Waals surface area contributed by atoms with Crippen molar-refractivity contribution < 1.29 is 5.11 Å². The molecule has 3 nitrogen and oxygen atoms in total. The summed E-state index contributed by atoms with van der Waals surface area (Å²) < 4.78 is 0. The van der Waals surface area contributed by atoms with E-state index in [9.17, 15) is 5.11 Å². The Morgan fingerprint density at radius 2 is 2.00 bits per heavy atom. The molecule has 0 atom stereocenters. The fraction of sp³-hybridized carbons (Fsp3) is 0.917. The molecule has 1 heterocycles.